The first-order valence-electron chi connectivity index (χ1n) is 3.71. The molecular formula is C7H16N2. The summed E-state index contributed by atoms with van der Waals surface area (Å²) in [5.74, 6) is 0. The Labute approximate surface area is 56.8 Å². The van der Waals surface area contributed by atoms with Crippen LogP contribution in [0.1, 0.15) is 25.7 Å². The minimum atomic E-state index is 0.446. The van der Waals surface area contributed by atoms with Crippen LogP contribution >= 0.6 is 0 Å². The molecule has 9 heavy (non-hydrogen) atoms. The molecule has 54 valence electrons. The molecule has 0 aromatic rings. The van der Waals surface area contributed by atoms with Crippen LogP contribution < -0.4 is 11.1 Å². The molecule has 1 aliphatic carbocycles. The summed E-state index contributed by atoms with van der Waals surface area (Å²) in [7, 11) is 3.76. The zero-order valence-corrected chi connectivity index (χ0v) is 5.84. The predicted molar refractivity (Wildman–Crippen MR) is 37.5 cm³/mol. The second kappa shape index (κ2) is 3.18. The summed E-state index contributed by atoms with van der Waals surface area (Å²) in [6, 6.07) is 1.15. The lowest BCUT2D eigenvalue weighted by atomic mass is 9.92. The molecule has 0 saturated heterocycles. The molecule has 2 nitrogen and oxygen atoms in total. The Morgan fingerprint density at radius 2 is 2.22 bits per heavy atom. The Hall–Kier alpha value is -0.0800. The summed E-state index contributed by atoms with van der Waals surface area (Å²) < 4.78 is 0. The zero-order valence-electron chi connectivity index (χ0n) is 5.84. The van der Waals surface area contributed by atoms with Crippen LogP contribution in [0.25, 0.3) is 0 Å². The maximum absolute atomic E-state index is 5.75. The summed E-state index contributed by atoms with van der Waals surface area (Å²) >= 11 is 0. The molecule has 1 aliphatic rings. The Morgan fingerprint density at radius 3 is 2.67 bits per heavy atom. The Kier molecular flexibility index (Phi) is 2.49. The Bertz CT molecular complexity index is 83.0. The van der Waals surface area contributed by atoms with Crippen molar-refractivity contribution in [1.29, 1.82) is 0 Å². The van der Waals surface area contributed by atoms with E-state index >= 15 is 0 Å². The van der Waals surface area contributed by atoms with Gasteiger partial charge in [-0.1, -0.05) is 0 Å². The zero-order chi connectivity index (χ0) is 6.69. The van der Waals surface area contributed by atoms with Crippen molar-refractivity contribution >= 4 is 0 Å². The van der Waals surface area contributed by atoms with Crippen LogP contribution in [-0.2, 0) is 0 Å². The number of hydrogen-bond donors (Lipinski definition) is 2. The first-order chi connectivity index (χ1) is 4.33. The molecule has 2 unspecified atom stereocenters. The van der Waals surface area contributed by atoms with Crippen LogP contribution in [0, 0.1) is 7.05 Å². The van der Waals surface area contributed by atoms with Gasteiger partial charge in [-0.25, -0.2) is 0 Å². The van der Waals surface area contributed by atoms with Crippen molar-refractivity contribution in [3.63, 3.8) is 0 Å². The highest BCUT2D eigenvalue weighted by atomic mass is 14.9. The van der Waals surface area contributed by atoms with Gasteiger partial charge < -0.3 is 11.1 Å². The fraction of sp³-hybridized carbons (Fsp3) is 0.857. The number of nitrogens with two attached hydrogens (primary N) is 2. The average Bonchev–Trinajstić information content (AvgIpc) is 1.88. The van der Waals surface area contributed by atoms with Crippen molar-refractivity contribution in [3.05, 3.63) is 7.05 Å². The second-order valence-corrected chi connectivity index (χ2v) is 2.92. The third kappa shape index (κ3) is 1.95. The van der Waals surface area contributed by atoms with E-state index in [0.29, 0.717) is 12.1 Å². The second-order valence-electron chi connectivity index (χ2n) is 2.92. The summed E-state index contributed by atoms with van der Waals surface area (Å²) in [4.78, 5) is 0. The molecule has 0 aliphatic heterocycles. The van der Waals surface area contributed by atoms with Crippen molar-refractivity contribution in [2.24, 2.45) is 5.73 Å². The van der Waals surface area contributed by atoms with Gasteiger partial charge in [-0.05, 0) is 19.3 Å². The average molecular weight is 128 g/mol. The molecule has 0 spiro atoms. The van der Waals surface area contributed by atoms with E-state index in [9.17, 15) is 0 Å². The third-order valence-corrected chi connectivity index (χ3v) is 2.09. The van der Waals surface area contributed by atoms with E-state index in [1.165, 1.54) is 19.3 Å². The highest BCUT2D eigenvalue weighted by Crippen LogP contribution is 2.13. The van der Waals surface area contributed by atoms with Gasteiger partial charge in [0, 0.05) is 12.5 Å². The van der Waals surface area contributed by atoms with Crippen LogP contribution in [-0.4, -0.2) is 12.1 Å². The maximum atomic E-state index is 5.75. The molecule has 0 heterocycles. The molecule has 0 aromatic heterocycles. The molecule has 2 heteroatoms. The number of hydrogen-bond acceptors (Lipinski definition) is 1. The van der Waals surface area contributed by atoms with E-state index in [4.69, 9.17) is 5.73 Å². The minimum Gasteiger partial charge on any atom is -0.476 e. The van der Waals surface area contributed by atoms with Crippen LogP contribution in [0.15, 0.2) is 0 Å². The van der Waals surface area contributed by atoms with Crippen LogP contribution in [0.2, 0.25) is 0 Å². The number of quaternary nitrogens is 1. The molecule has 1 fully saturated rings. The summed E-state index contributed by atoms with van der Waals surface area (Å²) in [5.41, 5.74) is 5.75. The van der Waals surface area contributed by atoms with Gasteiger partial charge in [-0.15, -0.1) is 0 Å². The fourth-order valence-corrected chi connectivity index (χ4v) is 1.48. The lowest BCUT2D eigenvalue weighted by molar-refractivity contribution is -0.637. The topological polar surface area (TPSA) is 42.6 Å². The summed E-state index contributed by atoms with van der Waals surface area (Å²) in [5, 5.41) is 2.04. The predicted octanol–water partition coefficient (Wildman–Crippen LogP) is -0.389. The normalized spacial score (nSPS) is 36.7. The molecule has 0 amide bonds. The first-order valence-corrected chi connectivity index (χ1v) is 3.71. The largest absolute Gasteiger partial charge is 0.476 e. The Morgan fingerprint density at radius 1 is 1.44 bits per heavy atom. The van der Waals surface area contributed by atoms with Gasteiger partial charge in [-0.2, -0.15) is 7.05 Å². The van der Waals surface area contributed by atoms with Gasteiger partial charge in [0.15, 0.2) is 0 Å². The van der Waals surface area contributed by atoms with Crippen molar-refractivity contribution in [1.82, 2.24) is 0 Å². The van der Waals surface area contributed by atoms with Crippen LogP contribution in [0.4, 0.5) is 0 Å². The molecule has 1 rings (SSSR count). The fourth-order valence-electron chi connectivity index (χ4n) is 1.48. The SMILES string of the molecule is [CH2-][NH2+]C1CCCC(N)C1. The number of rotatable bonds is 1. The summed E-state index contributed by atoms with van der Waals surface area (Å²) in [6.07, 6.45) is 4.96. The van der Waals surface area contributed by atoms with Gasteiger partial charge in [-0.3, -0.25) is 0 Å². The highest BCUT2D eigenvalue weighted by Gasteiger charge is 2.17. The van der Waals surface area contributed by atoms with E-state index in [0.717, 1.165) is 6.42 Å². The van der Waals surface area contributed by atoms with Gasteiger partial charge in [0.2, 0.25) is 0 Å². The van der Waals surface area contributed by atoms with Crippen molar-refractivity contribution in [2.75, 3.05) is 0 Å². The van der Waals surface area contributed by atoms with E-state index < -0.39 is 0 Å². The van der Waals surface area contributed by atoms with E-state index in [2.05, 4.69) is 7.05 Å². The van der Waals surface area contributed by atoms with Crippen molar-refractivity contribution in [2.45, 2.75) is 37.8 Å². The Balaban J connectivity index is 2.23. The summed E-state index contributed by atoms with van der Waals surface area (Å²) in [6.45, 7) is 0. The molecule has 2 atom stereocenters. The molecule has 0 radical (unpaired) electrons. The smallest absolute Gasteiger partial charge is 0.0635 e. The quantitative estimate of drug-likeness (QED) is 0.464. The van der Waals surface area contributed by atoms with Crippen LogP contribution in [0.5, 0.6) is 0 Å². The van der Waals surface area contributed by atoms with Gasteiger partial charge in [0.1, 0.15) is 0 Å². The lowest BCUT2D eigenvalue weighted by Gasteiger charge is -2.25. The van der Waals surface area contributed by atoms with Crippen molar-refractivity contribution in [3.8, 4) is 0 Å². The standard InChI is InChI=1S/C7H16N2/c1-9-7-4-2-3-6(8)5-7/h6-7H,1-5,8-9H2. The molecule has 1 saturated carbocycles. The molecule has 4 N–H and O–H groups in total. The van der Waals surface area contributed by atoms with Gasteiger partial charge in [0.25, 0.3) is 0 Å². The van der Waals surface area contributed by atoms with E-state index in [1.54, 1.807) is 0 Å². The highest BCUT2D eigenvalue weighted by molar-refractivity contribution is 4.73. The lowest BCUT2D eigenvalue weighted by Crippen LogP contribution is -2.84. The molecule has 0 aromatic carbocycles. The van der Waals surface area contributed by atoms with Gasteiger partial charge in [0.05, 0.1) is 6.04 Å². The van der Waals surface area contributed by atoms with Crippen molar-refractivity contribution < 1.29 is 5.32 Å². The minimum absolute atomic E-state index is 0.446. The first kappa shape index (κ1) is 7.03. The molecule has 0 bridgehead atoms. The van der Waals surface area contributed by atoms with Crippen LogP contribution in [0.3, 0.4) is 0 Å². The van der Waals surface area contributed by atoms with E-state index in [-0.39, 0.29) is 0 Å². The van der Waals surface area contributed by atoms with Gasteiger partial charge >= 0.3 is 0 Å². The van der Waals surface area contributed by atoms with E-state index in [1.807, 2.05) is 5.32 Å². The monoisotopic (exact) mass is 128 g/mol. The maximum Gasteiger partial charge on any atom is 0.0635 e. The third-order valence-electron chi connectivity index (χ3n) is 2.09. The molecular weight excluding hydrogens is 112 g/mol.